The quantitative estimate of drug-likeness (QED) is 0.0824. The molecular weight excluding hydrogens is 434 g/mol. The van der Waals surface area contributed by atoms with Gasteiger partial charge in [-0.15, -0.1) is 0 Å². The number of likely N-dealkylation sites (N-methyl/N-ethyl adjacent to an activating group) is 1. The van der Waals surface area contributed by atoms with Gasteiger partial charge in [0.2, 0.25) is 0 Å². The van der Waals surface area contributed by atoms with Crippen molar-refractivity contribution in [3.05, 3.63) is 0 Å². The van der Waals surface area contributed by atoms with E-state index in [0.29, 0.717) is 16.9 Å². The summed E-state index contributed by atoms with van der Waals surface area (Å²) in [5, 5.41) is 5.86. The minimum atomic E-state index is -0.634. The lowest BCUT2D eigenvalue weighted by Crippen LogP contribution is -2.59. The molecule has 0 rings (SSSR count). The number of nitrogens with zero attached hydrogens (tertiary/aromatic N) is 1. The number of hydrogen-bond acceptors (Lipinski definition) is 5. The van der Waals surface area contributed by atoms with Gasteiger partial charge >= 0.3 is 18.5 Å². The summed E-state index contributed by atoms with van der Waals surface area (Å²) in [5.41, 5.74) is 0. The van der Waals surface area contributed by atoms with Gasteiger partial charge < -0.3 is 24.6 Å². The number of quaternary nitrogens is 1. The van der Waals surface area contributed by atoms with Crippen molar-refractivity contribution in [1.29, 1.82) is 0 Å². The lowest BCUT2D eigenvalue weighted by atomic mass is 9.93. The predicted octanol–water partition coefficient (Wildman–Crippen LogP) is 4.41. The van der Waals surface area contributed by atoms with E-state index in [1.54, 1.807) is 0 Å². The molecule has 200 valence electrons. The molecule has 0 aliphatic heterocycles. The van der Waals surface area contributed by atoms with E-state index in [-0.39, 0.29) is 25.0 Å². The lowest BCUT2D eigenvalue weighted by molar-refractivity contribution is -0.898. The van der Waals surface area contributed by atoms with E-state index in [2.05, 4.69) is 36.1 Å². The van der Waals surface area contributed by atoms with Gasteiger partial charge in [0.25, 0.3) is 0 Å². The van der Waals surface area contributed by atoms with Crippen molar-refractivity contribution in [2.75, 3.05) is 40.9 Å². The van der Waals surface area contributed by atoms with Crippen LogP contribution in [0.15, 0.2) is 0 Å². The van der Waals surface area contributed by atoms with Crippen molar-refractivity contribution in [3.63, 3.8) is 0 Å². The zero-order chi connectivity index (χ0) is 25.8. The molecule has 8 nitrogen and oxygen atoms in total. The normalized spacial score (nSPS) is 13.4. The van der Waals surface area contributed by atoms with Crippen LogP contribution in [-0.4, -0.2) is 75.9 Å². The molecule has 34 heavy (non-hydrogen) atoms. The van der Waals surface area contributed by atoms with Crippen molar-refractivity contribution < 1.29 is 28.3 Å². The third-order valence-electron chi connectivity index (χ3n) is 5.95. The van der Waals surface area contributed by atoms with Crippen LogP contribution in [0.5, 0.6) is 0 Å². The molecule has 0 aromatic carbocycles. The molecule has 2 N–H and O–H groups in total. The molecule has 0 heterocycles. The molecule has 8 heteroatoms. The SMILES string of the molecule is CCCCCCCOCCCCCCNC(=O)NC(CC(=O)OC=O)C(CC(C)C)[N+](C)(C)C. The summed E-state index contributed by atoms with van der Waals surface area (Å²) >= 11 is 0. The Hall–Kier alpha value is -1.67. The zero-order valence-corrected chi connectivity index (χ0v) is 22.7. The molecule has 0 aromatic rings. The first kappa shape index (κ1) is 32.3. The Morgan fingerprint density at radius 2 is 1.50 bits per heavy atom. The smallest absolute Gasteiger partial charge is 0.315 e. The molecular formula is C26H52N3O5+. The highest BCUT2D eigenvalue weighted by molar-refractivity contribution is 5.79. The Bertz CT molecular complexity index is 549. The Balaban J connectivity index is 4.30. The highest BCUT2D eigenvalue weighted by Crippen LogP contribution is 2.20. The number of hydrogen-bond donors (Lipinski definition) is 2. The van der Waals surface area contributed by atoms with Gasteiger partial charge in [0.15, 0.2) is 0 Å². The summed E-state index contributed by atoms with van der Waals surface area (Å²) in [4.78, 5) is 35.1. The molecule has 0 aliphatic rings. The third-order valence-corrected chi connectivity index (χ3v) is 5.95. The Morgan fingerprint density at radius 3 is 2.03 bits per heavy atom. The van der Waals surface area contributed by atoms with E-state index in [1.165, 1.54) is 25.7 Å². The second kappa shape index (κ2) is 19.6. The highest BCUT2D eigenvalue weighted by Gasteiger charge is 2.36. The van der Waals surface area contributed by atoms with E-state index < -0.39 is 12.0 Å². The molecule has 0 fully saturated rings. The maximum atomic E-state index is 12.5. The number of nitrogens with one attached hydrogen (secondary N) is 2. The first-order valence-corrected chi connectivity index (χ1v) is 13.2. The van der Waals surface area contributed by atoms with Crippen LogP contribution in [0.1, 0.15) is 91.4 Å². The van der Waals surface area contributed by atoms with Gasteiger partial charge in [-0.3, -0.25) is 9.59 Å². The molecule has 0 spiro atoms. The van der Waals surface area contributed by atoms with Gasteiger partial charge in [0, 0.05) is 26.2 Å². The number of carbonyl (C=O) groups is 3. The van der Waals surface area contributed by atoms with E-state index in [9.17, 15) is 14.4 Å². The van der Waals surface area contributed by atoms with Crippen LogP contribution in [0, 0.1) is 5.92 Å². The standard InChI is InChI=1S/C26H51N3O5/c1-7-8-9-11-14-17-33-18-15-12-10-13-16-27-26(32)28-23(20-25(31)34-21-30)24(19-22(2)3)29(4,5)6/h21-24H,7-20H2,1-6H3,(H-,27,28,32)/p+1. The van der Waals surface area contributed by atoms with E-state index in [0.717, 1.165) is 51.7 Å². The molecule has 0 aromatic heterocycles. The summed E-state index contributed by atoms with van der Waals surface area (Å²) < 4.78 is 10.8. The fourth-order valence-corrected chi connectivity index (χ4v) is 4.08. The van der Waals surface area contributed by atoms with E-state index >= 15 is 0 Å². The number of ether oxygens (including phenoxy) is 2. The molecule has 0 saturated carbocycles. The molecule has 0 radical (unpaired) electrons. The number of rotatable bonds is 21. The molecule has 0 aliphatic carbocycles. The minimum absolute atomic E-state index is 0.00315. The number of esters is 1. The van der Waals surface area contributed by atoms with Crippen molar-refractivity contribution in [2.45, 2.75) is 103 Å². The van der Waals surface area contributed by atoms with Gasteiger partial charge in [0.1, 0.15) is 6.04 Å². The summed E-state index contributed by atoms with van der Waals surface area (Å²) in [6.45, 7) is 8.84. The first-order chi connectivity index (χ1) is 16.1. The topological polar surface area (TPSA) is 93.7 Å². The molecule has 0 bridgehead atoms. The van der Waals surface area contributed by atoms with Crippen LogP contribution < -0.4 is 10.6 Å². The van der Waals surface area contributed by atoms with Gasteiger partial charge in [-0.25, -0.2) is 4.79 Å². The van der Waals surface area contributed by atoms with Crippen molar-refractivity contribution >= 4 is 18.5 Å². The van der Waals surface area contributed by atoms with Gasteiger partial charge in [-0.1, -0.05) is 59.3 Å². The van der Waals surface area contributed by atoms with E-state index in [4.69, 9.17) is 4.74 Å². The largest absolute Gasteiger partial charge is 0.395 e. The average Bonchev–Trinajstić information content (AvgIpc) is 2.74. The minimum Gasteiger partial charge on any atom is -0.395 e. The van der Waals surface area contributed by atoms with Gasteiger partial charge in [-0.2, -0.15) is 0 Å². The van der Waals surface area contributed by atoms with Crippen molar-refractivity contribution in [2.24, 2.45) is 5.92 Å². The van der Waals surface area contributed by atoms with Crippen LogP contribution in [-0.2, 0) is 19.1 Å². The van der Waals surface area contributed by atoms with Crippen molar-refractivity contribution in [1.82, 2.24) is 10.6 Å². The fourth-order valence-electron chi connectivity index (χ4n) is 4.08. The molecule has 2 amide bonds. The van der Waals surface area contributed by atoms with Crippen LogP contribution in [0.4, 0.5) is 4.79 Å². The van der Waals surface area contributed by atoms with Crippen LogP contribution >= 0.6 is 0 Å². The molecule has 2 unspecified atom stereocenters. The Labute approximate surface area is 208 Å². The summed E-state index contributed by atoms with van der Waals surface area (Å²) in [7, 11) is 6.13. The van der Waals surface area contributed by atoms with Crippen LogP contribution in [0.3, 0.4) is 0 Å². The molecule has 0 saturated heterocycles. The van der Waals surface area contributed by atoms with Crippen LogP contribution in [0.25, 0.3) is 0 Å². The number of carbonyl (C=O) groups excluding carboxylic acids is 3. The van der Waals surface area contributed by atoms with Crippen molar-refractivity contribution in [3.8, 4) is 0 Å². The lowest BCUT2D eigenvalue weighted by Gasteiger charge is -2.40. The fraction of sp³-hybridized carbons (Fsp3) is 0.885. The van der Waals surface area contributed by atoms with Crippen LogP contribution in [0.2, 0.25) is 0 Å². The average molecular weight is 487 g/mol. The Kier molecular flexibility index (Phi) is 18.7. The second-order valence-electron chi connectivity index (χ2n) is 10.6. The summed E-state index contributed by atoms with van der Waals surface area (Å²) in [6.07, 6.45) is 11.1. The summed E-state index contributed by atoms with van der Waals surface area (Å²) in [5.74, 6) is -0.243. The first-order valence-electron chi connectivity index (χ1n) is 13.2. The number of unbranched alkanes of at least 4 members (excludes halogenated alkanes) is 7. The van der Waals surface area contributed by atoms with Gasteiger partial charge in [0.05, 0.1) is 33.6 Å². The highest BCUT2D eigenvalue weighted by atomic mass is 16.6. The third kappa shape index (κ3) is 17.8. The molecule has 2 atom stereocenters. The van der Waals surface area contributed by atoms with E-state index in [1.807, 2.05) is 21.1 Å². The number of amides is 2. The second-order valence-corrected chi connectivity index (χ2v) is 10.6. The summed E-state index contributed by atoms with van der Waals surface area (Å²) in [6, 6.07) is -0.733. The van der Waals surface area contributed by atoms with Gasteiger partial charge in [-0.05, 0) is 25.2 Å². The predicted molar refractivity (Wildman–Crippen MR) is 136 cm³/mol. The number of urea groups is 1. The monoisotopic (exact) mass is 486 g/mol. The maximum absolute atomic E-state index is 12.5. The maximum Gasteiger partial charge on any atom is 0.315 e. The Morgan fingerprint density at radius 1 is 0.912 bits per heavy atom. The zero-order valence-electron chi connectivity index (χ0n) is 22.7.